The molecule has 3 N–H and O–H groups in total. The average molecular weight is 331 g/mol. The maximum atomic E-state index is 11.3. The summed E-state index contributed by atoms with van der Waals surface area (Å²) in [6, 6.07) is 11.0. The Morgan fingerprint density at radius 3 is 2.78 bits per heavy atom. The SMILES string of the molecule is Nc1ccc(-c2cccc3[nH]c(=O)[cH-]c23)cn1.[Pd]. The zero-order valence-corrected chi connectivity index (χ0v) is 10.8. The molecule has 0 fully saturated rings. The van der Waals surface area contributed by atoms with Crippen LogP contribution >= 0.6 is 0 Å². The van der Waals surface area contributed by atoms with E-state index in [0.717, 1.165) is 22.0 Å². The third-order valence-electron chi connectivity index (χ3n) is 2.74. The van der Waals surface area contributed by atoms with Gasteiger partial charge in [0.1, 0.15) is 5.82 Å². The number of nitrogens with one attached hydrogen (secondary N) is 1. The molecule has 3 aromatic rings. The molecule has 0 spiro atoms. The molecule has 2 heterocycles. The van der Waals surface area contributed by atoms with Gasteiger partial charge in [-0.05, 0) is 6.07 Å². The van der Waals surface area contributed by atoms with Crippen LogP contribution in [-0.2, 0) is 20.4 Å². The summed E-state index contributed by atoms with van der Waals surface area (Å²) in [6.07, 6.45) is 1.71. The van der Waals surface area contributed by atoms with Crippen LogP contribution < -0.4 is 11.3 Å². The molecule has 0 unspecified atom stereocenters. The van der Waals surface area contributed by atoms with Gasteiger partial charge in [-0.25, -0.2) is 4.98 Å². The Hall–Kier alpha value is -1.83. The summed E-state index contributed by atoms with van der Waals surface area (Å²) in [5.74, 6) is 0.486. The van der Waals surface area contributed by atoms with Gasteiger partial charge in [-0.3, -0.25) is 4.79 Å². The number of hydrogen-bond donors (Lipinski definition) is 2. The molecule has 0 aliphatic heterocycles. The molecule has 0 amide bonds. The number of nitrogens with two attached hydrogens (primary N) is 1. The van der Waals surface area contributed by atoms with E-state index >= 15 is 0 Å². The average Bonchev–Trinajstić information content (AvgIpc) is 2.70. The van der Waals surface area contributed by atoms with E-state index in [0.29, 0.717) is 5.82 Å². The summed E-state index contributed by atoms with van der Waals surface area (Å²) in [5, 5.41) is 0.907. The standard InChI is InChI=1S/C13H10N3O.Pd/c14-12-5-4-8(7-15-12)9-2-1-3-11-10(9)6-13(17)16-11;/h1-7H,(H2,14,15)(H,16,17);/q-1;. The van der Waals surface area contributed by atoms with E-state index in [1.54, 1.807) is 18.3 Å². The monoisotopic (exact) mass is 330 g/mol. The molecular formula is C13H10N3OPd-. The van der Waals surface area contributed by atoms with Crippen LogP contribution in [0.1, 0.15) is 0 Å². The van der Waals surface area contributed by atoms with Crippen LogP contribution in [0.4, 0.5) is 5.82 Å². The molecular weight excluding hydrogens is 321 g/mol. The Kier molecular flexibility index (Phi) is 3.37. The Balaban J connectivity index is 0.00000120. The molecule has 4 nitrogen and oxygen atoms in total. The summed E-state index contributed by atoms with van der Waals surface area (Å²) in [5.41, 5.74) is 8.23. The third kappa shape index (κ3) is 2.11. The van der Waals surface area contributed by atoms with Crippen LogP contribution in [-0.4, -0.2) is 9.97 Å². The molecule has 0 atom stereocenters. The normalized spacial score (nSPS) is 10.2. The fourth-order valence-electron chi connectivity index (χ4n) is 1.95. The van der Waals surface area contributed by atoms with Crippen molar-refractivity contribution in [2.45, 2.75) is 0 Å². The van der Waals surface area contributed by atoms with Crippen molar-refractivity contribution in [2.24, 2.45) is 0 Å². The van der Waals surface area contributed by atoms with E-state index in [2.05, 4.69) is 9.97 Å². The van der Waals surface area contributed by atoms with Crippen LogP contribution in [0.2, 0.25) is 0 Å². The summed E-state index contributed by atoms with van der Waals surface area (Å²) >= 11 is 0. The van der Waals surface area contributed by atoms with Crippen LogP contribution in [0.5, 0.6) is 0 Å². The molecule has 5 heteroatoms. The number of hydrogen-bond acceptors (Lipinski definition) is 3. The van der Waals surface area contributed by atoms with Crippen LogP contribution in [0, 0.1) is 0 Å². The number of pyridine rings is 1. The molecule has 0 saturated heterocycles. The molecule has 94 valence electrons. The number of nitrogens with zero attached hydrogens (tertiary/aromatic N) is 1. The number of rotatable bonds is 1. The maximum Gasteiger partial charge on any atom is 0.182 e. The first kappa shape index (κ1) is 12.6. The van der Waals surface area contributed by atoms with Crippen molar-refractivity contribution in [1.82, 2.24) is 9.97 Å². The molecule has 2 aromatic heterocycles. The second kappa shape index (κ2) is 4.81. The van der Waals surface area contributed by atoms with Crippen LogP contribution in [0.3, 0.4) is 0 Å². The molecule has 1 aromatic carbocycles. The summed E-state index contributed by atoms with van der Waals surface area (Å²) < 4.78 is 0. The van der Waals surface area contributed by atoms with Crippen LogP contribution in [0.15, 0.2) is 47.4 Å². The zero-order chi connectivity index (χ0) is 11.8. The molecule has 0 aliphatic carbocycles. The number of fused-ring (bicyclic) bond motifs is 1. The number of nitrogen functional groups attached to an aromatic ring is 1. The van der Waals surface area contributed by atoms with E-state index in [9.17, 15) is 4.79 Å². The van der Waals surface area contributed by atoms with Gasteiger partial charge >= 0.3 is 0 Å². The van der Waals surface area contributed by atoms with Crippen LogP contribution in [0.25, 0.3) is 22.0 Å². The first-order chi connectivity index (χ1) is 8.24. The smallest absolute Gasteiger partial charge is 0.182 e. The van der Waals surface area contributed by atoms with E-state index in [1.165, 1.54) is 0 Å². The number of anilines is 1. The molecule has 18 heavy (non-hydrogen) atoms. The number of benzene rings is 1. The summed E-state index contributed by atoms with van der Waals surface area (Å²) in [6.45, 7) is 0. The van der Waals surface area contributed by atoms with Gasteiger partial charge in [-0.2, -0.15) is 5.39 Å². The van der Waals surface area contributed by atoms with E-state index in [-0.39, 0.29) is 26.0 Å². The minimum Gasteiger partial charge on any atom is -0.386 e. The van der Waals surface area contributed by atoms with E-state index in [1.807, 2.05) is 24.3 Å². The summed E-state index contributed by atoms with van der Waals surface area (Å²) in [7, 11) is 0. The predicted molar refractivity (Wildman–Crippen MR) is 67.8 cm³/mol. The van der Waals surface area contributed by atoms with Gasteiger partial charge < -0.3 is 10.7 Å². The first-order valence-electron chi connectivity index (χ1n) is 5.25. The third-order valence-corrected chi connectivity index (χ3v) is 2.74. The Labute approximate surface area is 117 Å². The number of H-pyrrole nitrogens is 1. The van der Waals surface area contributed by atoms with Gasteiger partial charge in [0, 0.05) is 26.6 Å². The molecule has 3 rings (SSSR count). The second-order valence-electron chi connectivity index (χ2n) is 3.87. The zero-order valence-electron chi connectivity index (χ0n) is 9.29. The minimum absolute atomic E-state index is 0. The van der Waals surface area contributed by atoms with E-state index < -0.39 is 0 Å². The Bertz CT molecular complexity index is 728. The second-order valence-corrected chi connectivity index (χ2v) is 3.87. The first-order valence-corrected chi connectivity index (χ1v) is 5.25. The predicted octanol–water partition coefficient (Wildman–Crippen LogP) is 1.89. The van der Waals surface area contributed by atoms with Gasteiger partial charge in [-0.1, -0.05) is 35.3 Å². The Morgan fingerprint density at radius 1 is 1.22 bits per heavy atom. The van der Waals surface area contributed by atoms with Gasteiger partial charge in [0.05, 0.1) is 0 Å². The van der Waals surface area contributed by atoms with Crippen molar-refractivity contribution in [3.05, 3.63) is 52.9 Å². The molecule has 0 aliphatic rings. The quantitative estimate of drug-likeness (QED) is 0.529. The Morgan fingerprint density at radius 2 is 2.06 bits per heavy atom. The number of aromatic nitrogens is 2. The van der Waals surface area contributed by atoms with Crippen molar-refractivity contribution in [2.75, 3.05) is 5.73 Å². The number of aromatic amines is 1. The van der Waals surface area contributed by atoms with Crippen molar-refractivity contribution in [1.29, 1.82) is 0 Å². The fraction of sp³-hybridized carbons (Fsp3) is 0. The van der Waals surface area contributed by atoms with Gasteiger partial charge in [0.2, 0.25) is 0 Å². The summed E-state index contributed by atoms with van der Waals surface area (Å²) in [4.78, 5) is 18.2. The largest absolute Gasteiger partial charge is 0.386 e. The van der Waals surface area contributed by atoms with Gasteiger partial charge in [-0.15, -0.1) is 11.6 Å². The van der Waals surface area contributed by atoms with Crippen molar-refractivity contribution in [3.63, 3.8) is 0 Å². The molecule has 0 saturated carbocycles. The maximum absolute atomic E-state index is 11.3. The van der Waals surface area contributed by atoms with Gasteiger partial charge in [0.25, 0.3) is 0 Å². The molecule has 0 radical (unpaired) electrons. The topological polar surface area (TPSA) is 71.8 Å². The molecule has 0 bridgehead atoms. The van der Waals surface area contributed by atoms with Crippen molar-refractivity contribution < 1.29 is 20.4 Å². The minimum atomic E-state index is -0.0872. The fourth-order valence-corrected chi connectivity index (χ4v) is 1.95. The van der Waals surface area contributed by atoms with Crippen molar-refractivity contribution in [3.8, 4) is 11.1 Å². The van der Waals surface area contributed by atoms with Crippen molar-refractivity contribution >= 4 is 16.7 Å². The van der Waals surface area contributed by atoms with Gasteiger partial charge in [0.15, 0.2) is 5.56 Å². The van der Waals surface area contributed by atoms with E-state index in [4.69, 9.17) is 5.73 Å².